The van der Waals surface area contributed by atoms with Crippen LogP contribution in [0.15, 0.2) is 72.8 Å². The molecular weight excluding hydrogens is 524 g/mol. The smallest absolute Gasteiger partial charge is 0.123 e. The van der Waals surface area contributed by atoms with E-state index in [2.05, 4.69) is 156 Å². The molecule has 0 spiro atoms. The molecule has 0 bridgehead atoms. The quantitative estimate of drug-likeness (QED) is 0.220. The fraction of sp³-hybridized carbons (Fsp3) is 0.415. The number of phenols is 2. The number of benzene rings is 4. The summed E-state index contributed by atoms with van der Waals surface area (Å²) in [5.74, 6) is 0.768. The van der Waals surface area contributed by atoms with E-state index in [9.17, 15) is 10.2 Å². The summed E-state index contributed by atoms with van der Waals surface area (Å²) in [5, 5.41) is 23.6. The van der Waals surface area contributed by atoms with Crippen LogP contribution in [0.5, 0.6) is 11.5 Å². The molecule has 1 aliphatic rings. The summed E-state index contributed by atoms with van der Waals surface area (Å²) >= 11 is 0. The van der Waals surface area contributed by atoms with Gasteiger partial charge in [-0.15, -0.1) is 0 Å². The molecule has 4 aromatic rings. The zero-order valence-electron chi connectivity index (χ0n) is 28.3. The predicted molar refractivity (Wildman–Crippen MR) is 182 cm³/mol. The van der Waals surface area contributed by atoms with Gasteiger partial charge in [-0.3, -0.25) is 0 Å². The number of hydrogen-bond acceptors (Lipinski definition) is 2. The minimum absolute atomic E-state index is 0.277. The summed E-state index contributed by atoms with van der Waals surface area (Å²) in [6.45, 7) is 26.1. The molecule has 0 unspecified atom stereocenters. The second-order valence-corrected chi connectivity index (χ2v) is 16.7. The summed E-state index contributed by atoms with van der Waals surface area (Å²) in [4.78, 5) is 0. The van der Waals surface area contributed by atoms with Gasteiger partial charge in [0.2, 0.25) is 0 Å². The topological polar surface area (TPSA) is 40.5 Å². The molecule has 0 saturated carbocycles. The first-order valence-electron chi connectivity index (χ1n) is 15.7. The molecule has 0 aliphatic heterocycles. The van der Waals surface area contributed by atoms with E-state index in [-0.39, 0.29) is 21.7 Å². The Morgan fingerprint density at radius 2 is 0.674 bits per heavy atom. The fourth-order valence-electron chi connectivity index (χ4n) is 7.01. The Morgan fingerprint density at radius 1 is 0.419 bits per heavy atom. The molecule has 4 aromatic carbocycles. The van der Waals surface area contributed by atoms with Crippen molar-refractivity contribution in [1.29, 1.82) is 0 Å². The SMILES string of the molecule is CC(C)(C)c1cc(C2(c3cc(C(C)(C)C)c(O)c(C(C)(C)C)c3)c3ccccc3-c3ccccc32)cc(C(C)(C)C)c1O. The van der Waals surface area contributed by atoms with Gasteiger partial charge in [0.25, 0.3) is 0 Å². The molecule has 0 aromatic heterocycles. The minimum Gasteiger partial charge on any atom is -0.507 e. The third-order valence-electron chi connectivity index (χ3n) is 9.27. The van der Waals surface area contributed by atoms with Crippen molar-refractivity contribution in [2.24, 2.45) is 0 Å². The molecule has 0 radical (unpaired) electrons. The first-order valence-corrected chi connectivity index (χ1v) is 15.7. The van der Waals surface area contributed by atoms with Crippen LogP contribution in [0.25, 0.3) is 11.1 Å². The highest BCUT2D eigenvalue weighted by Gasteiger charge is 2.48. The van der Waals surface area contributed by atoms with Crippen LogP contribution in [0.3, 0.4) is 0 Å². The van der Waals surface area contributed by atoms with Crippen molar-refractivity contribution in [2.75, 3.05) is 0 Å². The summed E-state index contributed by atoms with van der Waals surface area (Å²) < 4.78 is 0. The molecule has 2 N–H and O–H groups in total. The van der Waals surface area contributed by atoms with Gasteiger partial charge in [0.1, 0.15) is 11.5 Å². The molecule has 2 heteroatoms. The Morgan fingerprint density at radius 3 is 0.930 bits per heavy atom. The van der Waals surface area contributed by atoms with Gasteiger partial charge in [-0.25, -0.2) is 0 Å². The molecular formula is C41H50O2. The van der Waals surface area contributed by atoms with Gasteiger partial charge in [-0.2, -0.15) is 0 Å². The maximum atomic E-state index is 11.8. The molecule has 226 valence electrons. The van der Waals surface area contributed by atoms with E-state index in [0.29, 0.717) is 11.5 Å². The second kappa shape index (κ2) is 9.74. The van der Waals surface area contributed by atoms with E-state index < -0.39 is 5.41 Å². The second-order valence-electron chi connectivity index (χ2n) is 16.7. The largest absolute Gasteiger partial charge is 0.507 e. The van der Waals surface area contributed by atoms with Crippen molar-refractivity contribution >= 4 is 0 Å². The van der Waals surface area contributed by atoms with E-state index in [1.54, 1.807) is 0 Å². The van der Waals surface area contributed by atoms with Crippen molar-refractivity contribution in [3.8, 4) is 22.6 Å². The highest BCUT2D eigenvalue weighted by molar-refractivity contribution is 5.87. The van der Waals surface area contributed by atoms with Crippen LogP contribution in [0.1, 0.15) is 128 Å². The van der Waals surface area contributed by atoms with Gasteiger partial charge < -0.3 is 10.2 Å². The first kappa shape index (κ1) is 30.9. The van der Waals surface area contributed by atoms with Gasteiger partial charge in [-0.1, -0.05) is 132 Å². The average molecular weight is 575 g/mol. The Bertz CT molecular complexity index is 1510. The molecule has 2 nitrogen and oxygen atoms in total. The van der Waals surface area contributed by atoms with Crippen LogP contribution in [-0.2, 0) is 27.1 Å². The summed E-state index contributed by atoms with van der Waals surface area (Å²) in [6, 6.07) is 26.6. The highest BCUT2D eigenvalue weighted by atomic mass is 16.3. The van der Waals surface area contributed by atoms with Crippen molar-refractivity contribution in [3.05, 3.63) is 117 Å². The Labute approximate surface area is 259 Å². The molecule has 0 heterocycles. The van der Waals surface area contributed by atoms with Crippen molar-refractivity contribution in [1.82, 2.24) is 0 Å². The summed E-state index contributed by atoms with van der Waals surface area (Å²) in [7, 11) is 0. The number of aromatic hydroxyl groups is 2. The van der Waals surface area contributed by atoms with Crippen molar-refractivity contribution < 1.29 is 10.2 Å². The van der Waals surface area contributed by atoms with Gasteiger partial charge in [0, 0.05) is 0 Å². The molecule has 1 aliphatic carbocycles. The fourth-order valence-corrected chi connectivity index (χ4v) is 7.01. The molecule has 5 rings (SSSR count). The Kier molecular flexibility index (Phi) is 7.01. The highest BCUT2D eigenvalue weighted by Crippen LogP contribution is 2.59. The lowest BCUT2D eigenvalue weighted by Crippen LogP contribution is -2.32. The maximum Gasteiger partial charge on any atom is 0.123 e. The number of rotatable bonds is 2. The Balaban J connectivity index is 2.08. The van der Waals surface area contributed by atoms with E-state index in [1.807, 2.05) is 0 Å². The third-order valence-corrected chi connectivity index (χ3v) is 9.27. The molecule has 0 atom stereocenters. The monoisotopic (exact) mass is 574 g/mol. The van der Waals surface area contributed by atoms with Gasteiger partial charge in [0.05, 0.1) is 5.41 Å². The van der Waals surface area contributed by atoms with Crippen LogP contribution >= 0.6 is 0 Å². The number of fused-ring (bicyclic) bond motifs is 3. The molecule has 0 fully saturated rings. The lowest BCUT2D eigenvalue weighted by Gasteiger charge is -2.39. The zero-order valence-corrected chi connectivity index (χ0v) is 28.3. The lowest BCUT2D eigenvalue weighted by molar-refractivity contribution is 0.421. The van der Waals surface area contributed by atoms with Gasteiger partial charge >= 0.3 is 0 Å². The maximum absolute atomic E-state index is 11.8. The minimum atomic E-state index is -0.658. The van der Waals surface area contributed by atoms with Gasteiger partial charge in [-0.05, 0) is 102 Å². The number of phenolic OH excluding ortho intramolecular Hbond substituents is 2. The van der Waals surface area contributed by atoms with Crippen molar-refractivity contribution in [2.45, 2.75) is 110 Å². The predicted octanol–water partition coefficient (Wildman–Crippen LogP) is 10.7. The van der Waals surface area contributed by atoms with Crippen LogP contribution in [-0.4, -0.2) is 10.2 Å². The zero-order chi connectivity index (χ0) is 31.9. The first-order chi connectivity index (χ1) is 19.7. The third kappa shape index (κ3) is 4.88. The van der Waals surface area contributed by atoms with E-state index in [1.165, 1.54) is 22.3 Å². The molecule has 0 saturated heterocycles. The average Bonchev–Trinajstić information content (AvgIpc) is 3.18. The van der Waals surface area contributed by atoms with Crippen LogP contribution in [0, 0.1) is 0 Å². The van der Waals surface area contributed by atoms with Crippen molar-refractivity contribution in [3.63, 3.8) is 0 Å². The lowest BCUT2D eigenvalue weighted by atomic mass is 9.63. The number of hydrogen-bond donors (Lipinski definition) is 2. The summed E-state index contributed by atoms with van der Waals surface area (Å²) in [5.41, 5.74) is 9.21. The van der Waals surface area contributed by atoms with E-state index in [4.69, 9.17) is 0 Å². The van der Waals surface area contributed by atoms with Crippen LogP contribution < -0.4 is 0 Å². The van der Waals surface area contributed by atoms with Gasteiger partial charge in [0.15, 0.2) is 0 Å². The van der Waals surface area contributed by atoms with E-state index >= 15 is 0 Å². The summed E-state index contributed by atoms with van der Waals surface area (Å²) in [6.07, 6.45) is 0. The molecule has 0 amide bonds. The standard InChI is InChI=1S/C41H50O2/c1-37(2,3)31-21-25(22-32(35(31)42)38(4,5)6)41(29-19-15-13-17-27(29)28-18-14-16-20-30(28)41)26-23-33(39(7,8)9)36(43)34(24-26)40(10,11)12/h13-24,42-43H,1-12H3. The van der Waals surface area contributed by atoms with E-state index in [0.717, 1.165) is 33.4 Å². The molecule has 43 heavy (non-hydrogen) atoms. The van der Waals surface area contributed by atoms with Crippen LogP contribution in [0.4, 0.5) is 0 Å². The Hall–Kier alpha value is -3.52. The van der Waals surface area contributed by atoms with Crippen LogP contribution in [0.2, 0.25) is 0 Å². The normalized spacial score (nSPS) is 14.9.